The minimum atomic E-state index is 0.659. The van der Waals surface area contributed by atoms with Gasteiger partial charge in [-0.05, 0) is 37.4 Å². The Labute approximate surface area is 93.9 Å². The average molecular weight is 205 g/mol. The fourth-order valence-electron chi connectivity index (χ4n) is 1.64. The van der Waals surface area contributed by atoms with Gasteiger partial charge in [0.25, 0.3) is 0 Å². The number of nitrogens with one attached hydrogen (secondary N) is 1. The van der Waals surface area contributed by atoms with Crippen molar-refractivity contribution in [3.63, 3.8) is 0 Å². The molecule has 1 nitrogen and oxygen atoms in total. The molecule has 0 spiro atoms. The maximum Gasteiger partial charge on any atom is -0.00489 e. The van der Waals surface area contributed by atoms with Crippen molar-refractivity contribution in [3.8, 4) is 0 Å². The zero-order chi connectivity index (χ0) is 10.9. The summed E-state index contributed by atoms with van der Waals surface area (Å²) < 4.78 is 0. The van der Waals surface area contributed by atoms with E-state index in [0.29, 0.717) is 5.92 Å². The lowest BCUT2D eigenvalue weighted by Gasteiger charge is -2.08. The van der Waals surface area contributed by atoms with Crippen LogP contribution in [0.2, 0.25) is 0 Å². The predicted octanol–water partition coefficient (Wildman–Crippen LogP) is 3.57. The summed E-state index contributed by atoms with van der Waals surface area (Å²) in [5.41, 5.74) is 1.41. The van der Waals surface area contributed by atoms with E-state index in [-0.39, 0.29) is 0 Å². The molecule has 0 atom stereocenters. The molecule has 1 aliphatic rings. The van der Waals surface area contributed by atoms with E-state index < -0.39 is 0 Å². The number of benzene rings is 1. The Kier molecular flexibility index (Phi) is 6.10. The van der Waals surface area contributed by atoms with Crippen LogP contribution < -0.4 is 5.32 Å². The van der Waals surface area contributed by atoms with E-state index in [1.807, 2.05) is 6.07 Å². The van der Waals surface area contributed by atoms with Crippen LogP contribution in [0.5, 0.6) is 0 Å². The Balaban J connectivity index is 0.000000162. The molecular formula is C14H23N. The highest BCUT2D eigenvalue weighted by Crippen LogP contribution is 2.11. The third-order valence-electron chi connectivity index (χ3n) is 2.67. The van der Waals surface area contributed by atoms with Crippen LogP contribution >= 0.6 is 0 Å². The normalized spacial score (nSPS) is 15.7. The largest absolute Gasteiger partial charge is 0.317 e. The first-order chi connectivity index (χ1) is 7.30. The minimum absolute atomic E-state index is 0.659. The fraction of sp³-hybridized carbons (Fsp3) is 0.571. The molecule has 0 amide bonds. The Morgan fingerprint density at radius 2 is 1.53 bits per heavy atom. The van der Waals surface area contributed by atoms with Crippen LogP contribution in [-0.4, -0.2) is 13.1 Å². The van der Waals surface area contributed by atoms with Gasteiger partial charge in [-0.3, -0.25) is 0 Å². The highest BCUT2D eigenvalue weighted by atomic mass is 14.9. The van der Waals surface area contributed by atoms with Crippen LogP contribution in [0, 0.1) is 0 Å². The highest BCUT2D eigenvalue weighted by molar-refractivity contribution is 5.17. The van der Waals surface area contributed by atoms with E-state index in [2.05, 4.69) is 43.4 Å². The molecule has 1 saturated heterocycles. The number of hydrogen-bond acceptors (Lipinski definition) is 1. The Bertz CT molecular complexity index is 225. The van der Waals surface area contributed by atoms with Gasteiger partial charge in [0.2, 0.25) is 0 Å². The summed E-state index contributed by atoms with van der Waals surface area (Å²) in [6.45, 7) is 6.91. The van der Waals surface area contributed by atoms with Gasteiger partial charge in [-0.15, -0.1) is 0 Å². The van der Waals surface area contributed by atoms with Crippen LogP contribution in [0.15, 0.2) is 30.3 Å². The smallest absolute Gasteiger partial charge is 0.00489 e. The molecule has 0 unspecified atom stereocenters. The van der Waals surface area contributed by atoms with Gasteiger partial charge in [0.15, 0.2) is 0 Å². The number of hydrogen-bond donors (Lipinski definition) is 1. The minimum Gasteiger partial charge on any atom is -0.317 e. The van der Waals surface area contributed by atoms with Crippen molar-refractivity contribution < 1.29 is 0 Å². The van der Waals surface area contributed by atoms with Crippen LogP contribution in [0.3, 0.4) is 0 Å². The Morgan fingerprint density at radius 3 is 1.80 bits per heavy atom. The first-order valence-corrected chi connectivity index (χ1v) is 6.06. The van der Waals surface area contributed by atoms with Gasteiger partial charge in [-0.2, -0.15) is 0 Å². The second-order valence-electron chi connectivity index (χ2n) is 4.38. The van der Waals surface area contributed by atoms with Crippen LogP contribution in [0.1, 0.15) is 44.6 Å². The van der Waals surface area contributed by atoms with Gasteiger partial charge in [0.05, 0.1) is 0 Å². The lowest BCUT2D eigenvalue weighted by atomic mass is 10.0. The van der Waals surface area contributed by atoms with Crippen molar-refractivity contribution in [2.24, 2.45) is 0 Å². The molecule has 0 aromatic heterocycles. The van der Waals surface area contributed by atoms with Gasteiger partial charge in [0.1, 0.15) is 0 Å². The van der Waals surface area contributed by atoms with Gasteiger partial charge < -0.3 is 5.32 Å². The summed E-state index contributed by atoms with van der Waals surface area (Å²) in [5, 5.41) is 3.28. The molecule has 0 bridgehead atoms. The monoisotopic (exact) mass is 205 g/mol. The molecular weight excluding hydrogens is 182 g/mol. The van der Waals surface area contributed by atoms with Gasteiger partial charge >= 0.3 is 0 Å². The highest BCUT2D eigenvalue weighted by Gasteiger charge is 1.94. The third-order valence-corrected chi connectivity index (χ3v) is 2.67. The summed E-state index contributed by atoms with van der Waals surface area (Å²) in [4.78, 5) is 0. The van der Waals surface area contributed by atoms with E-state index in [0.717, 1.165) is 0 Å². The van der Waals surface area contributed by atoms with E-state index in [1.165, 1.54) is 37.9 Å². The van der Waals surface area contributed by atoms with Crippen molar-refractivity contribution >= 4 is 0 Å². The first-order valence-electron chi connectivity index (χ1n) is 6.06. The first kappa shape index (κ1) is 12.3. The molecule has 1 aromatic rings. The van der Waals surface area contributed by atoms with Gasteiger partial charge in [0, 0.05) is 0 Å². The van der Waals surface area contributed by atoms with E-state index in [9.17, 15) is 0 Å². The fourth-order valence-corrected chi connectivity index (χ4v) is 1.64. The third kappa shape index (κ3) is 5.58. The molecule has 15 heavy (non-hydrogen) atoms. The molecule has 0 radical (unpaired) electrons. The SMILES string of the molecule is C1CCNCC1.CC(C)c1ccccc1. The van der Waals surface area contributed by atoms with Gasteiger partial charge in [-0.1, -0.05) is 50.6 Å². The molecule has 2 rings (SSSR count). The topological polar surface area (TPSA) is 12.0 Å². The summed E-state index contributed by atoms with van der Waals surface area (Å²) in [6.07, 6.45) is 4.22. The second-order valence-corrected chi connectivity index (χ2v) is 4.38. The molecule has 1 heterocycles. The van der Waals surface area contributed by atoms with Crippen molar-refractivity contribution in [3.05, 3.63) is 35.9 Å². The molecule has 1 aromatic carbocycles. The Hall–Kier alpha value is -0.820. The van der Waals surface area contributed by atoms with Crippen molar-refractivity contribution in [2.45, 2.75) is 39.0 Å². The summed E-state index contributed by atoms with van der Waals surface area (Å²) in [5.74, 6) is 0.659. The molecule has 0 aliphatic carbocycles. The maximum absolute atomic E-state index is 3.28. The van der Waals surface area contributed by atoms with Crippen molar-refractivity contribution in [1.29, 1.82) is 0 Å². The van der Waals surface area contributed by atoms with E-state index in [1.54, 1.807) is 0 Å². The molecule has 84 valence electrons. The Morgan fingerprint density at radius 1 is 0.933 bits per heavy atom. The lowest BCUT2D eigenvalue weighted by Crippen LogP contribution is -2.21. The number of rotatable bonds is 1. The standard InChI is InChI=1S/C9H12.C5H11N/c1-8(2)9-6-4-3-5-7-9;1-2-4-6-5-3-1/h3-8H,1-2H3;6H,1-5H2. The molecule has 1 aliphatic heterocycles. The van der Waals surface area contributed by atoms with Crippen molar-refractivity contribution in [1.82, 2.24) is 5.32 Å². The van der Waals surface area contributed by atoms with Crippen molar-refractivity contribution in [2.75, 3.05) is 13.1 Å². The summed E-state index contributed by atoms with van der Waals surface area (Å²) in [6, 6.07) is 10.5. The quantitative estimate of drug-likeness (QED) is 0.739. The van der Waals surface area contributed by atoms with E-state index >= 15 is 0 Å². The van der Waals surface area contributed by atoms with Crippen LogP contribution in [-0.2, 0) is 0 Å². The van der Waals surface area contributed by atoms with Gasteiger partial charge in [-0.25, -0.2) is 0 Å². The zero-order valence-electron chi connectivity index (χ0n) is 10.00. The molecule has 0 saturated carbocycles. The molecule has 1 heteroatoms. The lowest BCUT2D eigenvalue weighted by molar-refractivity contribution is 0.520. The maximum atomic E-state index is 3.28. The van der Waals surface area contributed by atoms with Crippen LogP contribution in [0.4, 0.5) is 0 Å². The zero-order valence-corrected chi connectivity index (χ0v) is 10.00. The summed E-state index contributed by atoms with van der Waals surface area (Å²) in [7, 11) is 0. The van der Waals surface area contributed by atoms with E-state index in [4.69, 9.17) is 0 Å². The molecule has 1 fully saturated rings. The second kappa shape index (κ2) is 7.47. The molecule has 1 N–H and O–H groups in total. The number of piperidine rings is 1. The summed E-state index contributed by atoms with van der Waals surface area (Å²) >= 11 is 0. The van der Waals surface area contributed by atoms with Crippen LogP contribution in [0.25, 0.3) is 0 Å². The predicted molar refractivity (Wildman–Crippen MR) is 67.3 cm³/mol. The average Bonchev–Trinajstić information content (AvgIpc) is 2.33.